The van der Waals surface area contributed by atoms with E-state index in [1.807, 2.05) is 19.2 Å². The van der Waals surface area contributed by atoms with Crippen LogP contribution in [-0.2, 0) is 10.2 Å². The molecular formula is C17H22F2N2OS. The van der Waals surface area contributed by atoms with Gasteiger partial charge in [0.25, 0.3) is 0 Å². The molecule has 1 aromatic carbocycles. The van der Waals surface area contributed by atoms with E-state index in [9.17, 15) is 8.78 Å². The summed E-state index contributed by atoms with van der Waals surface area (Å²) in [6.45, 7) is 5.84. The van der Waals surface area contributed by atoms with Crippen molar-refractivity contribution in [1.29, 1.82) is 0 Å². The molecule has 2 N–H and O–H groups in total. The molecule has 0 atom stereocenters. The van der Waals surface area contributed by atoms with E-state index in [0.717, 1.165) is 23.9 Å². The van der Waals surface area contributed by atoms with E-state index in [1.165, 1.54) is 23.5 Å². The third-order valence-electron chi connectivity index (χ3n) is 3.96. The summed E-state index contributed by atoms with van der Waals surface area (Å²) in [5.41, 5.74) is 6.83. The third kappa shape index (κ3) is 3.94. The van der Waals surface area contributed by atoms with Crippen LogP contribution >= 0.6 is 11.3 Å². The summed E-state index contributed by atoms with van der Waals surface area (Å²) in [4.78, 5) is 4.58. The summed E-state index contributed by atoms with van der Waals surface area (Å²) >= 11 is 1.49. The van der Waals surface area contributed by atoms with Gasteiger partial charge in [0.2, 0.25) is 0 Å². The van der Waals surface area contributed by atoms with Crippen LogP contribution in [0.25, 0.3) is 11.3 Å². The van der Waals surface area contributed by atoms with Crippen molar-refractivity contribution in [2.45, 2.75) is 32.1 Å². The molecule has 1 aromatic heterocycles. The SMILES string of the molecule is CC.NCC1(c2nc(-c3cc(F)cc(F)c3)cs2)CCOCC1. The van der Waals surface area contributed by atoms with E-state index in [0.29, 0.717) is 31.0 Å². The van der Waals surface area contributed by atoms with Gasteiger partial charge in [-0.05, 0) is 25.0 Å². The molecule has 0 amide bonds. The second-order valence-corrected chi connectivity index (χ2v) is 6.15. The third-order valence-corrected chi connectivity index (χ3v) is 5.05. The number of rotatable bonds is 3. The fourth-order valence-electron chi connectivity index (χ4n) is 2.62. The van der Waals surface area contributed by atoms with Crippen LogP contribution in [0.2, 0.25) is 0 Å². The van der Waals surface area contributed by atoms with Gasteiger partial charge in [-0.1, -0.05) is 13.8 Å². The maximum Gasteiger partial charge on any atom is 0.126 e. The Morgan fingerprint density at radius 1 is 1.17 bits per heavy atom. The molecule has 1 aliphatic rings. The van der Waals surface area contributed by atoms with E-state index < -0.39 is 11.6 Å². The van der Waals surface area contributed by atoms with Crippen LogP contribution < -0.4 is 5.73 Å². The summed E-state index contributed by atoms with van der Waals surface area (Å²) < 4.78 is 32.0. The van der Waals surface area contributed by atoms with E-state index in [2.05, 4.69) is 4.98 Å². The van der Waals surface area contributed by atoms with Gasteiger partial charge in [-0.15, -0.1) is 11.3 Å². The van der Waals surface area contributed by atoms with Crippen molar-refractivity contribution in [3.05, 3.63) is 40.2 Å². The van der Waals surface area contributed by atoms with Crippen molar-refractivity contribution >= 4 is 11.3 Å². The van der Waals surface area contributed by atoms with Crippen molar-refractivity contribution in [2.24, 2.45) is 5.73 Å². The second-order valence-electron chi connectivity index (χ2n) is 5.29. The lowest BCUT2D eigenvalue weighted by molar-refractivity contribution is 0.0529. The van der Waals surface area contributed by atoms with Crippen molar-refractivity contribution in [3.63, 3.8) is 0 Å². The van der Waals surface area contributed by atoms with Crippen molar-refractivity contribution < 1.29 is 13.5 Å². The summed E-state index contributed by atoms with van der Waals surface area (Å²) in [5, 5.41) is 2.75. The Bertz CT molecular complexity index is 619. The minimum absolute atomic E-state index is 0.174. The molecule has 23 heavy (non-hydrogen) atoms. The van der Waals surface area contributed by atoms with Crippen LogP contribution in [0.15, 0.2) is 23.6 Å². The molecule has 0 saturated carbocycles. The number of halogens is 2. The van der Waals surface area contributed by atoms with Crippen LogP contribution in [0.5, 0.6) is 0 Å². The average Bonchev–Trinajstić information content (AvgIpc) is 3.07. The maximum absolute atomic E-state index is 13.3. The molecule has 0 radical (unpaired) electrons. The monoisotopic (exact) mass is 340 g/mol. The number of hydrogen-bond acceptors (Lipinski definition) is 4. The zero-order valence-corrected chi connectivity index (χ0v) is 14.3. The van der Waals surface area contributed by atoms with Gasteiger partial charge in [0.15, 0.2) is 0 Å². The Balaban J connectivity index is 0.000000924. The van der Waals surface area contributed by atoms with Crippen LogP contribution in [-0.4, -0.2) is 24.7 Å². The smallest absolute Gasteiger partial charge is 0.126 e. The van der Waals surface area contributed by atoms with Crippen LogP contribution in [0.4, 0.5) is 8.78 Å². The first kappa shape index (κ1) is 18.0. The molecule has 0 spiro atoms. The Morgan fingerprint density at radius 2 is 1.78 bits per heavy atom. The Morgan fingerprint density at radius 3 is 2.35 bits per heavy atom. The molecular weight excluding hydrogens is 318 g/mol. The summed E-state index contributed by atoms with van der Waals surface area (Å²) in [5.74, 6) is -1.20. The van der Waals surface area contributed by atoms with Gasteiger partial charge in [0.05, 0.1) is 5.69 Å². The highest BCUT2D eigenvalue weighted by molar-refractivity contribution is 7.10. The minimum atomic E-state index is -0.598. The molecule has 1 saturated heterocycles. The van der Waals surface area contributed by atoms with E-state index in [4.69, 9.17) is 10.5 Å². The van der Waals surface area contributed by atoms with Gasteiger partial charge in [-0.25, -0.2) is 13.8 Å². The van der Waals surface area contributed by atoms with Gasteiger partial charge in [0.1, 0.15) is 16.6 Å². The van der Waals surface area contributed by atoms with E-state index in [1.54, 1.807) is 0 Å². The van der Waals surface area contributed by atoms with Gasteiger partial charge < -0.3 is 10.5 Å². The van der Waals surface area contributed by atoms with Gasteiger partial charge >= 0.3 is 0 Å². The topological polar surface area (TPSA) is 48.1 Å². The minimum Gasteiger partial charge on any atom is -0.381 e. The normalized spacial score (nSPS) is 16.6. The molecule has 0 unspecified atom stereocenters. The zero-order chi connectivity index (χ0) is 16.9. The molecule has 0 aliphatic carbocycles. The number of ether oxygens (including phenoxy) is 1. The summed E-state index contributed by atoms with van der Waals surface area (Å²) in [6.07, 6.45) is 1.65. The second kappa shape index (κ2) is 7.95. The quantitative estimate of drug-likeness (QED) is 0.914. The van der Waals surface area contributed by atoms with Crippen LogP contribution in [0, 0.1) is 11.6 Å². The fourth-order valence-corrected chi connectivity index (χ4v) is 3.72. The van der Waals surface area contributed by atoms with Crippen molar-refractivity contribution in [2.75, 3.05) is 19.8 Å². The number of hydrogen-bond donors (Lipinski definition) is 1. The van der Waals surface area contributed by atoms with Crippen LogP contribution in [0.1, 0.15) is 31.7 Å². The first-order valence-corrected chi connectivity index (χ1v) is 8.71. The number of benzene rings is 1. The molecule has 2 heterocycles. The molecule has 1 fully saturated rings. The molecule has 3 nitrogen and oxygen atoms in total. The summed E-state index contributed by atoms with van der Waals surface area (Å²) in [7, 11) is 0. The molecule has 3 rings (SSSR count). The molecule has 2 aromatic rings. The number of nitrogens with zero attached hydrogens (tertiary/aromatic N) is 1. The van der Waals surface area contributed by atoms with Gasteiger partial charge in [-0.3, -0.25) is 0 Å². The van der Waals surface area contributed by atoms with E-state index >= 15 is 0 Å². The van der Waals surface area contributed by atoms with Crippen LogP contribution in [0.3, 0.4) is 0 Å². The molecule has 6 heteroatoms. The maximum atomic E-state index is 13.3. The predicted molar refractivity (Wildman–Crippen MR) is 89.6 cm³/mol. The Hall–Kier alpha value is -1.37. The fraction of sp³-hybridized carbons (Fsp3) is 0.471. The lowest BCUT2D eigenvalue weighted by atomic mass is 9.81. The summed E-state index contributed by atoms with van der Waals surface area (Å²) in [6, 6.07) is 3.44. The largest absolute Gasteiger partial charge is 0.381 e. The number of thiazole rings is 1. The first-order valence-electron chi connectivity index (χ1n) is 7.83. The lowest BCUT2D eigenvalue weighted by Crippen LogP contribution is -2.40. The molecule has 0 bridgehead atoms. The average molecular weight is 340 g/mol. The predicted octanol–water partition coefficient (Wildman–Crippen LogP) is 4.12. The first-order chi connectivity index (χ1) is 11.1. The molecule has 126 valence electrons. The zero-order valence-electron chi connectivity index (χ0n) is 13.4. The Kier molecular flexibility index (Phi) is 6.21. The number of nitrogens with two attached hydrogens (primary N) is 1. The Labute approximate surface area is 139 Å². The highest BCUT2D eigenvalue weighted by Gasteiger charge is 2.36. The lowest BCUT2D eigenvalue weighted by Gasteiger charge is -2.34. The standard InChI is InChI=1S/C15H16F2N2OS.C2H6/c16-11-5-10(6-12(17)7-11)13-8-21-14(19-13)15(9-18)1-3-20-4-2-15;1-2/h5-8H,1-4,9,18H2;1-2H3. The van der Waals surface area contributed by atoms with E-state index in [-0.39, 0.29) is 5.41 Å². The van der Waals surface area contributed by atoms with Crippen molar-refractivity contribution in [1.82, 2.24) is 4.98 Å². The highest BCUT2D eigenvalue weighted by Crippen LogP contribution is 2.37. The van der Waals surface area contributed by atoms with Gasteiger partial charge in [-0.2, -0.15) is 0 Å². The van der Waals surface area contributed by atoms with Crippen molar-refractivity contribution in [3.8, 4) is 11.3 Å². The van der Waals surface area contributed by atoms with Gasteiger partial charge in [0, 0.05) is 42.2 Å². The highest BCUT2D eigenvalue weighted by atomic mass is 32.1. The number of aromatic nitrogens is 1. The molecule has 1 aliphatic heterocycles.